The van der Waals surface area contributed by atoms with Gasteiger partial charge in [-0.25, -0.2) is 4.68 Å². The molecular formula is C12H12ClN7. The van der Waals surface area contributed by atoms with Gasteiger partial charge in [-0.05, 0) is 30.5 Å². The van der Waals surface area contributed by atoms with Gasteiger partial charge in [-0.1, -0.05) is 0 Å². The Bertz CT molecular complexity index is 630. The number of halogens is 1. The van der Waals surface area contributed by atoms with Gasteiger partial charge in [-0.15, -0.1) is 0 Å². The smallest absolute Gasteiger partial charge is 0.256 e. The zero-order valence-corrected chi connectivity index (χ0v) is 11.4. The molecule has 7 nitrogen and oxygen atoms in total. The van der Waals surface area contributed by atoms with E-state index in [-0.39, 0.29) is 5.28 Å². The third-order valence-corrected chi connectivity index (χ3v) is 3.17. The molecule has 0 N–H and O–H groups in total. The first-order valence-electron chi connectivity index (χ1n) is 6.33. The summed E-state index contributed by atoms with van der Waals surface area (Å²) in [6, 6.07) is 4.32. The summed E-state index contributed by atoms with van der Waals surface area (Å²) in [5, 5.41) is 13.0. The van der Waals surface area contributed by atoms with Crippen LogP contribution in [0.3, 0.4) is 0 Å². The monoisotopic (exact) mass is 289 g/mol. The van der Waals surface area contributed by atoms with Gasteiger partial charge in [-0.3, -0.25) is 0 Å². The molecule has 0 spiro atoms. The van der Waals surface area contributed by atoms with Gasteiger partial charge in [0.25, 0.3) is 5.95 Å². The van der Waals surface area contributed by atoms with E-state index in [1.807, 2.05) is 4.90 Å². The van der Waals surface area contributed by atoms with Crippen molar-refractivity contribution >= 4 is 17.5 Å². The maximum absolute atomic E-state index is 8.75. The Kier molecular flexibility index (Phi) is 3.48. The van der Waals surface area contributed by atoms with Gasteiger partial charge in [-0.2, -0.15) is 25.3 Å². The molecule has 3 rings (SSSR count). The number of hydrogen-bond donors (Lipinski definition) is 0. The van der Waals surface area contributed by atoms with Crippen LogP contribution in [0.4, 0.5) is 5.95 Å². The minimum Gasteiger partial charge on any atom is -0.337 e. The van der Waals surface area contributed by atoms with Gasteiger partial charge in [0.05, 0.1) is 12.5 Å². The molecule has 102 valence electrons. The lowest BCUT2D eigenvalue weighted by Gasteiger charge is -2.21. The van der Waals surface area contributed by atoms with Crippen molar-refractivity contribution < 1.29 is 0 Å². The number of rotatable bonds is 5. The van der Waals surface area contributed by atoms with Crippen LogP contribution in [0.1, 0.15) is 19.3 Å². The SMILES string of the molecule is N#CCCN(c1nc(Cl)nc(-n2cccn2)n1)C1CC1. The van der Waals surface area contributed by atoms with Crippen LogP contribution in [0.15, 0.2) is 18.5 Å². The molecule has 0 bridgehead atoms. The van der Waals surface area contributed by atoms with Gasteiger partial charge < -0.3 is 4.90 Å². The summed E-state index contributed by atoms with van der Waals surface area (Å²) in [7, 11) is 0. The zero-order valence-electron chi connectivity index (χ0n) is 10.6. The predicted octanol–water partition coefficient (Wildman–Crippen LogP) is 1.59. The Labute approximate surface area is 120 Å². The summed E-state index contributed by atoms with van der Waals surface area (Å²) in [6.45, 7) is 0.597. The van der Waals surface area contributed by atoms with Crippen molar-refractivity contribution in [3.8, 4) is 12.0 Å². The van der Waals surface area contributed by atoms with Crippen molar-refractivity contribution in [1.29, 1.82) is 5.26 Å². The number of nitrogens with zero attached hydrogens (tertiary/aromatic N) is 7. The van der Waals surface area contributed by atoms with E-state index < -0.39 is 0 Å². The summed E-state index contributed by atoms with van der Waals surface area (Å²) in [5.41, 5.74) is 0. The largest absolute Gasteiger partial charge is 0.337 e. The molecule has 8 heteroatoms. The average molecular weight is 290 g/mol. The lowest BCUT2D eigenvalue weighted by atomic mass is 10.4. The van der Waals surface area contributed by atoms with Gasteiger partial charge in [0.15, 0.2) is 0 Å². The molecule has 2 aromatic heterocycles. The molecule has 0 amide bonds. The van der Waals surface area contributed by atoms with Crippen LogP contribution >= 0.6 is 11.6 Å². The molecule has 0 aliphatic heterocycles. The zero-order chi connectivity index (χ0) is 13.9. The number of aromatic nitrogens is 5. The fourth-order valence-electron chi connectivity index (χ4n) is 1.95. The standard InChI is InChI=1S/C12H12ClN7/c13-10-16-11(19(7-1-5-14)9-3-4-9)18-12(17-10)20-8-2-6-15-20/h2,6,8-9H,1,3-4,7H2. The maximum Gasteiger partial charge on any atom is 0.256 e. The Morgan fingerprint density at radius 2 is 2.25 bits per heavy atom. The fraction of sp³-hybridized carbons (Fsp3) is 0.417. The van der Waals surface area contributed by atoms with E-state index in [2.05, 4.69) is 26.1 Å². The summed E-state index contributed by atoms with van der Waals surface area (Å²) >= 11 is 5.98. The summed E-state index contributed by atoms with van der Waals surface area (Å²) in [6.07, 6.45) is 5.99. The Morgan fingerprint density at radius 1 is 1.40 bits per heavy atom. The average Bonchev–Trinajstić information content (AvgIpc) is 3.12. The molecule has 0 aromatic carbocycles. The highest BCUT2D eigenvalue weighted by Gasteiger charge is 2.31. The van der Waals surface area contributed by atoms with Gasteiger partial charge in [0.1, 0.15) is 0 Å². The van der Waals surface area contributed by atoms with Crippen molar-refractivity contribution in [1.82, 2.24) is 24.7 Å². The summed E-state index contributed by atoms with van der Waals surface area (Å²) in [4.78, 5) is 14.7. The van der Waals surface area contributed by atoms with Crippen molar-refractivity contribution in [3.63, 3.8) is 0 Å². The summed E-state index contributed by atoms with van der Waals surface area (Å²) < 4.78 is 1.53. The van der Waals surface area contributed by atoms with Crippen LogP contribution in [-0.4, -0.2) is 37.3 Å². The number of hydrogen-bond acceptors (Lipinski definition) is 6. The minimum atomic E-state index is 0.128. The van der Waals surface area contributed by atoms with Crippen LogP contribution in [0.2, 0.25) is 5.28 Å². The van der Waals surface area contributed by atoms with Crippen molar-refractivity contribution in [2.45, 2.75) is 25.3 Å². The van der Waals surface area contributed by atoms with E-state index >= 15 is 0 Å². The normalized spacial score (nSPS) is 14.0. The lowest BCUT2D eigenvalue weighted by Crippen LogP contribution is -2.29. The second kappa shape index (κ2) is 5.43. The van der Waals surface area contributed by atoms with E-state index in [4.69, 9.17) is 16.9 Å². The topological polar surface area (TPSA) is 83.5 Å². The van der Waals surface area contributed by atoms with E-state index in [0.717, 1.165) is 12.8 Å². The van der Waals surface area contributed by atoms with Crippen molar-refractivity contribution in [3.05, 3.63) is 23.7 Å². The fourth-order valence-corrected chi connectivity index (χ4v) is 2.10. The van der Waals surface area contributed by atoms with E-state index in [9.17, 15) is 0 Å². The van der Waals surface area contributed by atoms with Crippen molar-refractivity contribution in [2.75, 3.05) is 11.4 Å². The minimum absolute atomic E-state index is 0.128. The quantitative estimate of drug-likeness (QED) is 0.831. The van der Waals surface area contributed by atoms with Crippen LogP contribution in [0.5, 0.6) is 0 Å². The van der Waals surface area contributed by atoms with E-state index in [0.29, 0.717) is 30.9 Å². The molecule has 2 aromatic rings. The molecule has 0 radical (unpaired) electrons. The van der Waals surface area contributed by atoms with Gasteiger partial charge in [0.2, 0.25) is 11.2 Å². The third kappa shape index (κ3) is 2.70. The molecule has 0 unspecified atom stereocenters. The Hall–Kier alpha value is -2.20. The molecule has 2 heterocycles. The van der Waals surface area contributed by atoms with E-state index in [1.54, 1.807) is 18.5 Å². The maximum atomic E-state index is 8.75. The molecule has 1 saturated carbocycles. The summed E-state index contributed by atoms with van der Waals surface area (Å²) in [5.74, 6) is 0.890. The van der Waals surface area contributed by atoms with Gasteiger partial charge in [0, 0.05) is 25.0 Å². The first-order valence-corrected chi connectivity index (χ1v) is 6.71. The number of anilines is 1. The highest BCUT2D eigenvalue weighted by atomic mass is 35.5. The first-order chi connectivity index (χ1) is 9.78. The Morgan fingerprint density at radius 3 is 2.90 bits per heavy atom. The lowest BCUT2D eigenvalue weighted by molar-refractivity contribution is 0.731. The molecular weight excluding hydrogens is 278 g/mol. The molecule has 0 saturated heterocycles. The Balaban J connectivity index is 1.93. The van der Waals surface area contributed by atoms with Crippen LogP contribution in [0.25, 0.3) is 5.95 Å². The third-order valence-electron chi connectivity index (χ3n) is 3.00. The second-order valence-electron chi connectivity index (χ2n) is 4.49. The first kappa shape index (κ1) is 12.8. The van der Waals surface area contributed by atoms with Gasteiger partial charge >= 0.3 is 0 Å². The van der Waals surface area contributed by atoms with Crippen LogP contribution in [0, 0.1) is 11.3 Å². The predicted molar refractivity (Wildman–Crippen MR) is 72.6 cm³/mol. The second-order valence-corrected chi connectivity index (χ2v) is 4.83. The van der Waals surface area contributed by atoms with E-state index in [1.165, 1.54) is 4.68 Å². The number of nitriles is 1. The van der Waals surface area contributed by atoms with Crippen LogP contribution in [-0.2, 0) is 0 Å². The van der Waals surface area contributed by atoms with Crippen molar-refractivity contribution in [2.24, 2.45) is 0 Å². The molecule has 20 heavy (non-hydrogen) atoms. The highest BCUT2D eigenvalue weighted by Crippen LogP contribution is 2.30. The molecule has 1 aliphatic rings. The molecule has 1 aliphatic carbocycles. The molecule has 0 atom stereocenters. The molecule has 1 fully saturated rings. The highest BCUT2D eigenvalue weighted by molar-refractivity contribution is 6.28. The van der Waals surface area contributed by atoms with Crippen LogP contribution < -0.4 is 4.90 Å².